The minimum absolute atomic E-state index is 0. The van der Waals surface area contributed by atoms with Crippen molar-refractivity contribution in [1.29, 1.82) is 0 Å². The number of alkyl halides is 3. The van der Waals surface area contributed by atoms with E-state index in [0.717, 1.165) is 6.42 Å². The van der Waals surface area contributed by atoms with Crippen molar-refractivity contribution >= 4 is 29.9 Å². The zero-order chi connectivity index (χ0) is 16.0. The summed E-state index contributed by atoms with van der Waals surface area (Å²) in [7, 11) is 1.70. The Morgan fingerprint density at radius 3 is 2.45 bits per heavy atom. The Morgan fingerprint density at radius 1 is 1.32 bits per heavy atom. The molecular formula is C14H28F3IN4. The lowest BCUT2D eigenvalue weighted by atomic mass is 10.1. The Kier molecular flexibility index (Phi) is 9.68. The molecule has 2 N–H and O–H groups in total. The molecule has 0 aromatic carbocycles. The molecule has 2 atom stereocenters. The van der Waals surface area contributed by atoms with Gasteiger partial charge in [0.05, 0.1) is 6.54 Å². The van der Waals surface area contributed by atoms with Gasteiger partial charge < -0.3 is 10.6 Å². The van der Waals surface area contributed by atoms with Crippen LogP contribution in [0.2, 0.25) is 0 Å². The molecular weight excluding hydrogens is 408 g/mol. The minimum Gasteiger partial charge on any atom is -0.356 e. The molecule has 1 saturated heterocycles. The molecule has 4 nitrogen and oxygen atoms in total. The van der Waals surface area contributed by atoms with Crippen LogP contribution in [0.4, 0.5) is 13.2 Å². The monoisotopic (exact) mass is 436 g/mol. The highest BCUT2D eigenvalue weighted by Crippen LogP contribution is 2.22. The molecule has 0 amide bonds. The number of aliphatic imine (C=N–C) groups is 1. The fourth-order valence-electron chi connectivity index (χ4n) is 2.29. The summed E-state index contributed by atoms with van der Waals surface area (Å²) in [4.78, 5) is 5.62. The molecule has 1 heterocycles. The molecule has 0 aromatic rings. The highest BCUT2D eigenvalue weighted by molar-refractivity contribution is 14.0. The predicted octanol–water partition coefficient (Wildman–Crippen LogP) is 2.70. The largest absolute Gasteiger partial charge is 0.401 e. The van der Waals surface area contributed by atoms with Gasteiger partial charge in [0.15, 0.2) is 5.96 Å². The van der Waals surface area contributed by atoms with Crippen LogP contribution in [0.5, 0.6) is 0 Å². The third kappa shape index (κ3) is 8.40. The van der Waals surface area contributed by atoms with Crippen LogP contribution in [0.25, 0.3) is 0 Å². The topological polar surface area (TPSA) is 39.7 Å². The third-order valence-corrected chi connectivity index (χ3v) is 3.92. The van der Waals surface area contributed by atoms with Crippen LogP contribution in [0.15, 0.2) is 4.99 Å². The van der Waals surface area contributed by atoms with E-state index in [-0.39, 0.29) is 29.9 Å². The molecule has 0 bridgehead atoms. The van der Waals surface area contributed by atoms with Crippen LogP contribution < -0.4 is 10.6 Å². The summed E-state index contributed by atoms with van der Waals surface area (Å²) in [5.41, 5.74) is 0. The van der Waals surface area contributed by atoms with Crippen LogP contribution in [0, 0.1) is 11.8 Å². The van der Waals surface area contributed by atoms with E-state index in [1.807, 2.05) is 0 Å². The average molecular weight is 436 g/mol. The van der Waals surface area contributed by atoms with Crippen molar-refractivity contribution < 1.29 is 13.2 Å². The van der Waals surface area contributed by atoms with E-state index < -0.39 is 12.7 Å². The van der Waals surface area contributed by atoms with Gasteiger partial charge in [0, 0.05) is 26.2 Å². The number of likely N-dealkylation sites (tertiary alicyclic amines) is 1. The Labute approximate surface area is 148 Å². The van der Waals surface area contributed by atoms with Gasteiger partial charge in [-0.15, -0.1) is 24.0 Å². The predicted molar refractivity (Wildman–Crippen MR) is 94.8 cm³/mol. The molecule has 8 heteroatoms. The van der Waals surface area contributed by atoms with E-state index in [1.165, 1.54) is 4.90 Å². The van der Waals surface area contributed by atoms with Crippen molar-refractivity contribution in [2.75, 3.05) is 33.2 Å². The number of hydrogen-bond acceptors (Lipinski definition) is 2. The van der Waals surface area contributed by atoms with Gasteiger partial charge in [-0.2, -0.15) is 13.2 Å². The van der Waals surface area contributed by atoms with E-state index in [1.54, 1.807) is 7.05 Å². The van der Waals surface area contributed by atoms with E-state index in [2.05, 4.69) is 36.4 Å². The van der Waals surface area contributed by atoms with Crippen molar-refractivity contribution in [2.24, 2.45) is 16.8 Å². The first-order valence-electron chi connectivity index (χ1n) is 7.47. The maximum Gasteiger partial charge on any atom is 0.401 e. The first-order valence-corrected chi connectivity index (χ1v) is 7.47. The number of nitrogens with one attached hydrogen (secondary N) is 2. The van der Waals surface area contributed by atoms with Gasteiger partial charge in [-0.3, -0.25) is 9.89 Å². The van der Waals surface area contributed by atoms with Gasteiger partial charge in [0.25, 0.3) is 0 Å². The van der Waals surface area contributed by atoms with Gasteiger partial charge in [-0.25, -0.2) is 0 Å². The molecule has 2 unspecified atom stereocenters. The lowest BCUT2D eigenvalue weighted by Gasteiger charge is -2.22. The SMILES string of the molecule is CN=C(NCC1CCN(CC(F)(F)F)C1)NC(C)C(C)C.I. The minimum atomic E-state index is -4.10. The molecule has 1 rings (SSSR count). The zero-order valence-corrected chi connectivity index (χ0v) is 16.0. The van der Waals surface area contributed by atoms with E-state index in [0.29, 0.717) is 37.6 Å². The van der Waals surface area contributed by atoms with Crippen molar-refractivity contribution in [2.45, 2.75) is 39.4 Å². The summed E-state index contributed by atoms with van der Waals surface area (Å²) in [6.07, 6.45) is -3.31. The smallest absolute Gasteiger partial charge is 0.356 e. The van der Waals surface area contributed by atoms with E-state index in [9.17, 15) is 13.2 Å². The van der Waals surface area contributed by atoms with Crippen LogP contribution in [0.1, 0.15) is 27.2 Å². The van der Waals surface area contributed by atoms with Gasteiger partial charge in [0.1, 0.15) is 0 Å². The van der Waals surface area contributed by atoms with Crippen molar-refractivity contribution in [1.82, 2.24) is 15.5 Å². The number of guanidine groups is 1. The summed E-state index contributed by atoms with van der Waals surface area (Å²) in [6.45, 7) is 7.18. The lowest BCUT2D eigenvalue weighted by Crippen LogP contribution is -2.45. The molecule has 0 aliphatic carbocycles. The molecule has 0 saturated carbocycles. The third-order valence-electron chi connectivity index (χ3n) is 3.92. The first kappa shape index (κ1) is 21.8. The molecule has 0 aromatic heterocycles. The van der Waals surface area contributed by atoms with Crippen LogP contribution >= 0.6 is 24.0 Å². The fraction of sp³-hybridized carbons (Fsp3) is 0.929. The fourth-order valence-corrected chi connectivity index (χ4v) is 2.29. The average Bonchev–Trinajstić information content (AvgIpc) is 2.79. The second-order valence-electron chi connectivity index (χ2n) is 6.14. The maximum absolute atomic E-state index is 12.3. The summed E-state index contributed by atoms with van der Waals surface area (Å²) < 4.78 is 37.0. The van der Waals surface area contributed by atoms with Crippen molar-refractivity contribution in [3.8, 4) is 0 Å². The Hall–Kier alpha value is -0.250. The molecule has 0 radical (unpaired) electrons. The molecule has 1 aliphatic heterocycles. The number of nitrogens with zero attached hydrogens (tertiary/aromatic N) is 2. The number of halogens is 4. The second kappa shape index (κ2) is 9.79. The van der Waals surface area contributed by atoms with Crippen LogP contribution in [-0.2, 0) is 0 Å². The zero-order valence-electron chi connectivity index (χ0n) is 13.7. The van der Waals surface area contributed by atoms with Gasteiger partial charge in [0.2, 0.25) is 0 Å². The number of rotatable bonds is 5. The van der Waals surface area contributed by atoms with Crippen LogP contribution in [0.3, 0.4) is 0 Å². The summed E-state index contributed by atoms with van der Waals surface area (Å²) >= 11 is 0. The van der Waals surface area contributed by atoms with E-state index in [4.69, 9.17) is 0 Å². The van der Waals surface area contributed by atoms with Gasteiger partial charge in [-0.1, -0.05) is 13.8 Å². The molecule has 22 heavy (non-hydrogen) atoms. The maximum atomic E-state index is 12.3. The standard InChI is InChI=1S/C14H27F3N4.HI/c1-10(2)11(3)20-13(18-4)19-7-12-5-6-21(8-12)9-14(15,16)17;/h10-12H,5-9H2,1-4H3,(H2,18,19,20);1H. The molecule has 1 fully saturated rings. The Morgan fingerprint density at radius 2 is 1.95 bits per heavy atom. The molecule has 132 valence electrons. The van der Waals surface area contributed by atoms with E-state index >= 15 is 0 Å². The first-order chi connectivity index (χ1) is 9.71. The van der Waals surface area contributed by atoms with Gasteiger partial charge in [-0.05, 0) is 31.7 Å². The lowest BCUT2D eigenvalue weighted by molar-refractivity contribution is -0.143. The quantitative estimate of drug-likeness (QED) is 0.396. The van der Waals surface area contributed by atoms with Crippen molar-refractivity contribution in [3.63, 3.8) is 0 Å². The highest BCUT2D eigenvalue weighted by Gasteiger charge is 2.34. The summed E-state index contributed by atoms with van der Waals surface area (Å²) in [6, 6.07) is 0.293. The highest BCUT2D eigenvalue weighted by atomic mass is 127. The molecule has 1 aliphatic rings. The Bertz CT molecular complexity index is 347. The summed E-state index contributed by atoms with van der Waals surface area (Å²) in [5, 5.41) is 6.50. The second-order valence-corrected chi connectivity index (χ2v) is 6.14. The normalized spacial score (nSPS) is 21.6. The van der Waals surface area contributed by atoms with Crippen LogP contribution in [-0.4, -0.2) is 56.3 Å². The van der Waals surface area contributed by atoms with Gasteiger partial charge >= 0.3 is 6.18 Å². The molecule has 0 spiro atoms. The van der Waals surface area contributed by atoms with Crippen molar-refractivity contribution in [3.05, 3.63) is 0 Å². The Balaban J connectivity index is 0.00000441. The summed E-state index contributed by atoms with van der Waals surface area (Å²) in [5.74, 6) is 1.43. The number of hydrogen-bond donors (Lipinski definition) is 2.